The van der Waals surface area contributed by atoms with Crippen molar-refractivity contribution in [3.63, 3.8) is 0 Å². The third-order valence-corrected chi connectivity index (χ3v) is 5.40. The lowest BCUT2D eigenvalue weighted by Gasteiger charge is -2.40. The van der Waals surface area contributed by atoms with Crippen molar-refractivity contribution in [2.24, 2.45) is 5.41 Å². The lowest BCUT2D eigenvalue weighted by atomic mass is 9.84. The van der Waals surface area contributed by atoms with Gasteiger partial charge in [0.05, 0.1) is 12.0 Å². The predicted molar refractivity (Wildman–Crippen MR) is 81.0 cm³/mol. The van der Waals surface area contributed by atoms with Crippen LogP contribution in [0, 0.1) is 5.41 Å². The van der Waals surface area contributed by atoms with Crippen molar-refractivity contribution in [3.05, 3.63) is 0 Å². The molecular weight excluding hydrogens is 268 g/mol. The van der Waals surface area contributed by atoms with E-state index in [0.29, 0.717) is 44.6 Å². The van der Waals surface area contributed by atoms with Crippen molar-refractivity contribution in [1.82, 2.24) is 9.80 Å². The fourth-order valence-corrected chi connectivity index (χ4v) is 3.89. The number of aliphatic carboxylic acids is 1. The number of rotatable bonds is 4. The first kappa shape index (κ1) is 16.3. The van der Waals surface area contributed by atoms with Crippen LogP contribution in [0.2, 0.25) is 0 Å². The zero-order chi connectivity index (χ0) is 15.6. The Hall–Kier alpha value is -1.10. The van der Waals surface area contributed by atoms with Gasteiger partial charge in [0.15, 0.2) is 0 Å². The molecule has 2 fully saturated rings. The molecule has 120 valence electrons. The molecule has 2 aliphatic rings. The first-order chi connectivity index (χ1) is 9.89. The number of piperidine rings is 1. The normalized spacial score (nSPS) is 34.1. The minimum atomic E-state index is -0.723. The van der Waals surface area contributed by atoms with Crippen LogP contribution in [0.15, 0.2) is 0 Å². The number of hydrogen-bond acceptors (Lipinski definition) is 3. The van der Waals surface area contributed by atoms with Gasteiger partial charge in [0.2, 0.25) is 5.91 Å². The third-order valence-electron chi connectivity index (χ3n) is 5.40. The molecule has 0 radical (unpaired) electrons. The van der Waals surface area contributed by atoms with E-state index in [2.05, 4.69) is 13.8 Å². The quantitative estimate of drug-likeness (QED) is 0.861. The summed E-state index contributed by atoms with van der Waals surface area (Å²) >= 11 is 0. The van der Waals surface area contributed by atoms with Gasteiger partial charge in [-0.3, -0.25) is 14.5 Å². The summed E-state index contributed by atoms with van der Waals surface area (Å²) in [4.78, 5) is 28.1. The molecule has 0 bridgehead atoms. The number of likely N-dealkylation sites (tertiary alicyclic amines) is 2. The molecule has 0 spiro atoms. The molecule has 5 nitrogen and oxygen atoms in total. The molecule has 3 unspecified atom stereocenters. The van der Waals surface area contributed by atoms with Crippen LogP contribution in [-0.2, 0) is 9.59 Å². The lowest BCUT2D eigenvalue weighted by Crippen LogP contribution is -2.51. The van der Waals surface area contributed by atoms with Gasteiger partial charge < -0.3 is 10.0 Å². The summed E-state index contributed by atoms with van der Waals surface area (Å²) in [5, 5.41) is 9.43. The molecular formula is C16H28N2O3. The van der Waals surface area contributed by atoms with Crippen molar-refractivity contribution in [2.75, 3.05) is 19.6 Å². The monoisotopic (exact) mass is 296 g/mol. The zero-order valence-electron chi connectivity index (χ0n) is 13.5. The Kier molecular flexibility index (Phi) is 4.91. The minimum absolute atomic E-state index is 0.159. The molecule has 1 amide bonds. The number of carboxylic acids is 1. The lowest BCUT2D eigenvalue weighted by molar-refractivity contribution is -0.149. The average Bonchev–Trinajstić information content (AvgIpc) is 2.83. The van der Waals surface area contributed by atoms with Crippen LogP contribution < -0.4 is 0 Å². The number of hydrogen-bond donors (Lipinski definition) is 1. The van der Waals surface area contributed by atoms with Crippen LogP contribution in [-0.4, -0.2) is 58.5 Å². The molecule has 5 heteroatoms. The summed E-state index contributed by atoms with van der Waals surface area (Å²) in [5.74, 6) is -0.563. The molecule has 2 saturated heterocycles. The van der Waals surface area contributed by atoms with Crippen molar-refractivity contribution in [1.29, 1.82) is 0 Å². The van der Waals surface area contributed by atoms with Gasteiger partial charge in [-0.05, 0) is 52.5 Å². The number of carbonyl (C=O) groups is 2. The molecule has 0 saturated carbocycles. The van der Waals surface area contributed by atoms with Crippen LogP contribution in [0.3, 0.4) is 0 Å². The summed E-state index contributed by atoms with van der Waals surface area (Å²) in [6.07, 6.45) is 4.61. The van der Waals surface area contributed by atoms with Crippen molar-refractivity contribution in [3.8, 4) is 0 Å². The van der Waals surface area contributed by atoms with Gasteiger partial charge in [-0.1, -0.05) is 6.92 Å². The number of amides is 1. The molecule has 0 aromatic rings. The van der Waals surface area contributed by atoms with E-state index in [9.17, 15) is 14.7 Å². The fourth-order valence-electron chi connectivity index (χ4n) is 3.89. The van der Waals surface area contributed by atoms with Gasteiger partial charge in [-0.15, -0.1) is 0 Å². The smallest absolute Gasteiger partial charge is 0.310 e. The van der Waals surface area contributed by atoms with E-state index in [1.807, 2.05) is 16.7 Å². The molecule has 21 heavy (non-hydrogen) atoms. The third kappa shape index (κ3) is 3.23. The van der Waals surface area contributed by atoms with E-state index < -0.39 is 11.4 Å². The summed E-state index contributed by atoms with van der Waals surface area (Å²) in [6.45, 7) is 7.73. The van der Waals surface area contributed by atoms with Gasteiger partial charge in [-0.25, -0.2) is 0 Å². The number of nitrogens with zero attached hydrogens (tertiary/aromatic N) is 2. The maximum Gasteiger partial charge on any atom is 0.310 e. The summed E-state index contributed by atoms with van der Waals surface area (Å²) in [6, 6.07) is 0.610. The molecule has 2 rings (SSSR count). The maximum absolute atomic E-state index is 12.6. The molecule has 1 N–H and O–H groups in total. The Morgan fingerprint density at radius 1 is 1.24 bits per heavy atom. The fraction of sp³-hybridized carbons (Fsp3) is 0.875. The van der Waals surface area contributed by atoms with Crippen molar-refractivity contribution >= 4 is 11.9 Å². The van der Waals surface area contributed by atoms with Crippen molar-refractivity contribution < 1.29 is 14.7 Å². The highest BCUT2D eigenvalue weighted by atomic mass is 16.4. The number of carboxylic acid groups (broad SMARTS) is 1. The second-order valence-electron chi connectivity index (χ2n) is 6.83. The second-order valence-corrected chi connectivity index (χ2v) is 6.83. The first-order valence-electron chi connectivity index (χ1n) is 8.16. The summed E-state index contributed by atoms with van der Waals surface area (Å²) in [5.41, 5.74) is -0.653. The summed E-state index contributed by atoms with van der Waals surface area (Å²) in [7, 11) is 0. The van der Waals surface area contributed by atoms with E-state index in [4.69, 9.17) is 0 Å². The Bertz CT molecular complexity index is 402. The Balaban J connectivity index is 1.96. The van der Waals surface area contributed by atoms with Gasteiger partial charge in [0.25, 0.3) is 0 Å². The second kappa shape index (κ2) is 6.34. The standard InChI is InChI=1S/C16H28N2O3/c1-4-16(15(20)21)8-9-17(11-16)10-14(19)18-12(2)6-5-7-13(18)3/h12-13H,4-11H2,1-3H3,(H,20,21). The largest absolute Gasteiger partial charge is 0.481 e. The Labute approximate surface area is 127 Å². The highest BCUT2D eigenvalue weighted by Crippen LogP contribution is 2.34. The Morgan fingerprint density at radius 2 is 1.86 bits per heavy atom. The molecule has 0 aromatic heterocycles. The minimum Gasteiger partial charge on any atom is -0.481 e. The van der Waals surface area contributed by atoms with Crippen LogP contribution in [0.25, 0.3) is 0 Å². The SMILES string of the molecule is CCC1(C(=O)O)CCN(CC(=O)N2C(C)CCCC2C)C1. The van der Waals surface area contributed by atoms with Crippen LogP contribution in [0.4, 0.5) is 0 Å². The Morgan fingerprint density at radius 3 is 2.33 bits per heavy atom. The van der Waals surface area contributed by atoms with E-state index in [-0.39, 0.29) is 5.91 Å². The molecule has 2 aliphatic heterocycles. The highest BCUT2D eigenvalue weighted by molar-refractivity contribution is 5.80. The maximum atomic E-state index is 12.6. The average molecular weight is 296 g/mol. The van der Waals surface area contributed by atoms with Gasteiger partial charge >= 0.3 is 5.97 Å². The van der Waals surface area contributed by atoms with Gasteiger partial charge in [-0.2, -0.15) is 0 Å². The van der Waals surface area contributed by atoms with E-state index in [0.717, 1.165) is 12.8 Å². The van der Waals surface area contributed by atoms with E-state index >= 15 is 0 Å². The van der Waals surface area contributed by atoms with Crippen LogP contribution in [0.1, 0.15) is 52.9 Å². The zero-order valence-corrected chi connectivity index (χ0v) is 13.5. The summed E-state index contributed by atoms with van der Waals surface area (Å²) < 4.78 is 0. The van der Waals surface area contributed by atoms with E-state index in [1.165, 1.54) is 6.42 Å². The first-order valence-corrected chi connectivity index (χ1v) is 8.16. The van der Waals surface area contributed by atoms with Gasteiger partial charge in [0.1, 0.15) is 0 Å². The molecule has 3 atom stereocenters. The molecule has 2 heterocycles. The topological polar surface area (TPSA) is 60.9 Å². The van der Waals surface area contributed by atoms with Crippen LogP contribution in [0.5, 0.6) is 0 Å². The van der Waals surface area contributed by atoms with Gasteiger partial charge in [0, 0.05) is 18.6 Å². The number of carbonyl (C=O) groups excluding carboxylic acids is 1. The predicted octanol–water partition coefficient (Wildman–Crippen LogP) is 1.96. The molecule has 0 aliphatic carbocycles. The highest BCUT2D eigenvalue weighted by Gasteiger charge is 2.44. The van der Waals surface area contributed by atoms with Crippen molar-refractivity contribution in [2.45, 2.75) is 65.0 Å². The molecule has 0 aromatic carbocycles. The van der Waals surface area contributed by atoms with E-state index in [1.54, 1.807) is 0 Å². The van der Waals surface area contributed by atoms with Crippen LogP contribution >= 0.6 is 0 Å².